The smallest absolute Gasteiger partial charge is 0.337 e. The molecule has 19 heavy (non-hydrogen) atoms. The molecule has 0 amide bonds. The Bertz CT molecular complexity index is 578. The zero-order valence-electron chi connectivity index (χ0n) is 10.8. The Balaban J connectivity index is 2.25. The molecule has 104 valence electrons. The third-order valence-electron chi connectivity index (χ3n) is 3.50. The van der Waals surface area contributed by atoms with Crippen LogP contribution in [0.2, 0.25) is 0 Å². The summed E-state index contributed by atoms with van der Waals surface area (Å²) >= 11 is 0. The van der Waals surface area contributed by atoms with Crippen molar-refractivity contribution in [3.05, 3.63) is 23.9 Å². The van der Waals surface area contributed by atoms with E-state index in [2.05, 4.69) is 4.98 Å². The number of aromatic carboxylic acids is 1. The number of aromatic nitrogens is 1. The fourth-order valence-electron chi connectivity index (χ4n) is 1.90. The highest BCUT2D eigenvalue weighted by Crippen LogP contribution is 2.36. The lowest BCUT2D eigenvalue weighted by Gasteiger charge is -2.23. The molecule has 0 spiro atoms. The first-order valence-corrected chi connectivity index (χ1v) is 7.45. The molecule has 1 fully saturated rings. The van der Waals surface area contributed by atoms with Crippen LogP contribution in [-0.4, -0.2) is 41.9 Å². The molecule has 0 saturated heterocycles. The standard InChI is InChI=1S/C12H16N2O4S/c1-8(9-3-4-9)14(2)19(17,18)11-6-5-10(7-13-11)12(15)16/h5-9H,3-4H2,1-2H3,(H,15,16). The Hall–Kier alpha value is -1.47. The van der Waals surface area contributed by atoms with E-state index in [9.17, 15) is 13.2 Å². The Morgan fingerprint density at radius 1 is 1.47 bits per heavy atom. The van der Waals surface area contributed by atoms with Gasteiger partial charge in [0.15, 0.2) is 5.03 Å². The summed E-state index contributed by atoms with van der Waals surface area (Å²) in [5.41, 5.74) is -0.0307. The summed E-state index contributed by atoms with van der Waals surface area (Å²) in [4.78, 5) is 14.4. The molecule has 7 heteroatoms. The average molecular weight is 284 g/mol. The van der Waals surface area contributed by atoms with Gasteiger partial charge >= 0.3 is 5.97 Å². The lowest BCUT2D eigenvalue weighted by molar-refractivity contribution is 0.0696. The maximum Gasteiger partial charge on any atom is 0.337 e. The molecule has 0 aromatic carbocycles. The Kier molecular flexibility index (Phi) is 3.60. The number of hydrogen-bond acceptors (Lipinski definition) is 4. The van der Waals surface area contributed by atoms with Crippen LogP contribution in [0.1, 0.15) is 30.1 Å². The van der Waals surface area contributed by atoms with E-state index in [-0.39, 0.29) is 16.6 Å². The monoisotopic (exact) mass is 284 g/mol. The fourth-order valence-corrected chi connectivity index (χ4v) is 3.23. The highest BCUT2D eigenvalue weighted by atomic mass is 32.2. The lowest BCUT2D eigenvalue weighted by Crippen LogP contribution is -2.36. The number of carboxylic acid groups (broad SMARTS) is 1. The zero-order valence-corrected chi connectivity index (χ0v) is 11.6. The van der Waals surface area contributed by atoms with E-state index in [1.807, 2.05) is 6.92 Å². The first kappa shape index (κ1) is 14.0. The molecule has 1 aliphatic rings. The van der Waals surface area contributed by atoms with E-state index in [1.54, 1.807) is 0 Å². The van der Waals surface area contributed by atoms with Gasteiger partial charge in [0.25, 0.3) is 10.0 Å². The summed E-state index contributed by atoms with van der Waals surface area (Å²) in [6.07, 6.45) is 3.16. The fraction of sp³-hybridized carbons (Fsp3) is 0.500. The van der Waals surface area contributed by atoms with E-state index in [4.69, 9.17) is 5.11 Å². The molecule has 1 aromatic heterocycles. The van der Waals surface area contributed by atoms with Gasteiger partial charge in [0.1, 0.15) is 0 Å². The SMILES string of the molecule is CC(C1CC1)N(C)S(=O)(=O)c1ccc(C(=O)O)cn1. The van der Waals surface area contributed by atoms with Crippen molar-refractivity contribution in [3.63, 3.8) is 0 Å². The molecule has 0 radical (unpaired) electrons. The van der Waals surface area contributed by atoms with Crippen LogP contribution in [0.4, 0.5) is 0 Å². The van der Waals surface area contributed by atoms with Crippen molar-refractivity contribution in [2.75, 3.05) is 7.05 Å². The Labute approximate surface area is 112 Å². The maximum absolute atomic E-state index is 12.3. The molecule has 1 saturated carbocycles. The number of sulfonamides is 1. The van der Waals surface area contributed by atoms with Crippen LogP contribution >= 0.6 is 0 Å². The third-order valence-corrected chi connectivity index (χ3v) is 5.37. The molecular formula is C12H16N2O4S. The number of carboxylic acids is 1. The number of pyridine rings is 1. The Morgan fingerprint density at radius 3 is 2.53 bits per heavy atom. The van der Waals surface area contributed by atoms with Gasteiger partial charge in [-0.3, -0.25) is 0 Å². The van der Waals surface area contributed by atoms with Crippen molar-refractivity contribution in [1.29, 1.82) is 0 Å². The number of nitrogens with zero attached hydrogens (tertiary/aromatic N) is 2. The van der Waals surface area contributed by atoms with Gasteiger partial charge in [-0.05, 0) is 37.8 Å². The van der Waals surface area contributed by atoms with Crippen LogP contribution in [0.3, 0.4) is 0 Å². The molecule has 1 aliphatic carbocycles. The highest BCUT2D eigenvalue weighted by Gasteiger charge is 2.36. The van der Waals surface area contributed by atoms with Gasteiger partial charge in [-0.15, -0.1) is 0 Å². The minimum Gasteiger partial charge on any atom is -0.478 e. The second kappa shape index (κ2) is 4.90. The summed E-state index contributed by atoms with van der Waals surface area (Å²) in [7, 11) is -2.12. The molecule has 1 aromatic rings. The summed E-state index contributed by atoms with van der Waals surface area (Å²) in [5.74, 6) is -0.714. The van der Waals surface area contributed by atoms with Crippen molar-refractivity contribution in [3.8, 4) is 0 Å². The van der Waals surface area contributed by atoms with Gasteiger partial charge in [-0.1, -0.05) is 0 Å². The minimum absolute atomic E-state index is 0.0307. The van der Waals surface area contributed by atoms with Crippen molar-refractivity contribution >= 4 is 16.0 Å². The van der Waals surface area contributed by atoms with E-state index in [0.29, 0.717) is 5.92 Å². The molecule has 1 N–H and O–H groups in total. The average Bonchev–Trinajstić information content (AvgIpc) is 3.21. The van der Waals surface area contributed by atoms with Crippen molar-refractivity contribution in [1.82, 2.24) is 9.29 Å². The second-order valence-electron chi connectivity index (χ2n) is 4.79. The minimum atomic E-state index is -3.66. The summed E-state index contributed by atoms with van der Waals surface area (Å²) in [6.45, 7) is 1.88. The molecule has 6 nitrogen and oxygen atoms in total. The van der Waals surface area contributed by atoms with Crippen LogP contribution < -0.4 is 0 Å². The normalized spacial score (nSPS) is 17.4. The highest BCUT2D eigenvalue weighted by molar-refractivity contribution is 7.89. The van der Waals surface area contributed by atoms with Gasteiger partial charge in [0.05, 0.1) is 5.56 Å². The van der Waals surface area contributed by atoms with Gasteiger partial charge in [-0.25, -0.2) is 18.2 Å². The number of rotatable bonds is 5. The van der Waals surface area contributed by atoms with Crippen molar-refractivity contribution < 1.29 is 18.3 Å². The predicted octanol–water partition coefficient (Wildman–Crippen LogP) is 1.20. The van der Waals surface area contributed by atoms with Crippen molar-refractivity contribution in [2.45, 2.75) is 30.8 Å². The van der Waals surface area contributed by atoms with Crippen LogP contribution in [0.5, 0.6) is 0 Å². The van der Waals surface area contributed by atoms with Crippen LogP contribution in [0.15, 0.2) is 23.4 Å². The van der Waals surface area contributed by atoms with Crippen molar-refractivity contribution in [2.24, 2.45) is 5.92 Å². The largest absolute Gasteiger partial charge is 0.478 e. The lowest BCUT2D eigenvalue weighted by atomic mass is 10.2. The van der Waals surface area contributed by atoms with Gasteiger partial charge in [0.2, 0.25) is 0 Å². The van der Waals surface area contributed by atoms with E-state index in [0.717, 1.165) is 19.0 Å². The molecular weight excluding hydrogens is 268 g/mol. The predicted molar refractivity (Wildman–Crippen MR) is 68.3 cm³/mol. The maximum atomic E-state index is 12.3. The van der Waals surface area contributed by atoms with E-state index in [1.165, 1.54) is 23.5 Å². The first-order valence-electron chi connectivity index (χ1n) is 6.01. The van der Waals surface area contributed by atoms with E-state index < -0.39 is 16.0 Å². The number of hydrogen-bond donors (Lipinski definition) is 1. The second-order valence-corrected chi connectivity index (χ2v) is 6.73. The quantitative estimate of drug-likeness (QED) is 0.877. The molecule has 2 rings (SSSR count). The molecule has 0 bridgehead atoms. The van der Waals surface area contributed by atoms with Gasteiger partial charge < -0.3 is 5.11 Å². The summed E-state index contributed by atoms with van der Waals surface area (Å²) in [5, 5.41) is 8.64. The zero-order chi connectivity index (χ0) is 14.2. The third kappa shape index (κ3) is 2.76. The molecule has 1 heterocycles. The van der Waals surface area contributed by atoms with Crippen LogP contribution in [0.25, 0.3) is 0 Å². The molecule has 1 unspecified atom stereocenters. The van der Waals surface area contributed by atoms with Crippen LogP contribution in [-0.2, 0) is 10.0 Å². The first-order chi connectivity index (χ1) is 8.84. The topological polar surface area (TPSA) is 87.6 Å². The summed E-state index contributed by atoms with van der Waals surface area (Å²) < 4.78 is 25.9. The summed E-state index contributed by atoms with van der Waals surface area (Å²) in [6, 6.07) is 2.41. The number of carbonyl (C=O) groups is 1. The molecule has 1 atom stereocenters. The molecule has 0 aliphatic heterocycles. The van der Waals surface area contributed by atoms with Gasteiger partial charge in [0, 0.05) is 19.3 Å². The van der Waals surface area contributed by atoms with Crippen LogP contribution in [0, 0.1) is 5.92 Å². The van der Waals surface area contributed by atoms with Gasteiger partial charge in [-0.2, -0.15) is 4.31 Å². The van der Waals surface area contributed by atoms with E-state index >= 15 is 0 Å². The Morgan fingerprint density at radius 2 is 2.11 bits per heavy atom.